The number of anilines is 1. The molecule has 18 heavy (non-hydrogen) atoms. The molecule has 2 N–H and O–H groups in total. The maximum Gasteiger partial charge on any atom is 0.0647 e. The highest BCUT2D eigenvalue weighted by Crippen LogP contribution is 2.29. The van der Waals surface area contributed by atoms with Crippen molar-refractivity contribution in [3.05, 3.63) is 29.3 Å². The van der Waals surface area contributed by atoms with Gasteiger partial charge in [-0.1, -0.05) is 18.2 Å². The fourth-order valence-corrected chi connectivity index (χ4v) is 2.80. The van der Waals surface area contributed by atoms with Crippen LogP contribution in [0.25, 0.3) is 0 Å². The van der Waals surface area contributed by atoms with Gasteiger partial charge in [-0.15, -0.1) is 0 Å². The molecule has 1 fully saturated rings. The van der Waals surface area contributed by atoms with Crippen LogP contribution in [0.1, 0.15) is 25.0 Å². The molecule has 1 saturated heterocycles. The van der Waals surface area contributed by atoms with Gasteiger partial charge in [-0.05, 0) is 38.8 Å². The summed E-state index contributed by atoms with van der Waals surface area (Å²) in [5.74, 6) is 0. The standard InChI is InChI=1S/C15H24N2O/c1-11-6-5-7-12(2)14(11)17-10-15(3,4)16-8-13(17)9-18/h5-7,13,16,18H,8-10H2,1-4H3. The summed E-state index contributed by atoms with van der Waals surface area (Å²) in [6.45, 7) is 10.7. The number of piperazine rings is 1. The number of aliphatic hydroxyl groups is 1. The lowest BCUT2D eigenvalue weighted by atomic mass is 9.96. The molecule has 0 aromatic heterocycles. The van der Waals surface area contributed by atoms with Gasteiger partial charge in [-0.3, -0.25) is 0 Å². The lowest BCUT2D eigenvalue weighted by Crippen LogP contribution is -2.63. The molecule has 2 rings (SSSR count). The van der Waals surface area contributed by atoms with Crippen LogP contribution < -0.4 is 10.2 Å². The lowest BCUT2D eigenvalue weighted by Gasteiger charge is -2.46. The Hall–Kier alpha value is -1.06. The van der Waals surface area contributed by atoms with Crippen molar-refractivity contribution in [1.29, 1.82) is 0 Å². The summed E-state index contributed by atoms with van der Waals surface area (Å²) in [5.41, 5.74) is 3.93. The van der Waals surface area contributed by atoms with E-state index in [2.05, 4.69) is 56.1 Å². The zero-order chi connectivity index (χ0) is 13.3. The van der Waals surface area contributed by atoms with Crippen molar-refractivity contribution in [2.24, 2.45) is 0 Å². The Morgan fingerprint density at radius 3 is 2.50 bits per heavy atom. The van der Waals surface area contributed by atoms with Crippen LogP contribution >= 0.6 is 0 Å². The summed E-state index contributed by atoms with van der Waals surface area (Å²) in [6, 6.07) is 6.55. The van der Waals surface area contributed by atoms with Gasteiger partial charge in [0.25, 0.3) is 0 Å². The SMILES string of the molecule is Cc1cccc(C)c1N1CC(C)(C)NCC1CO. The molecule has 1 aromatic carbocycles. The minimum atomic E-state index is 0.0837. The van der Waals surface area contributed by atoms with E-state index in [1.54, 1.807) is 0 Å². The minimum absolute atomic E-state index is 0.0837. The first-order chi connectivity index (χ1) is 8.44. The largest absolute Gasteiger partial charge is 0.394 e. The molecule has 0 spiro atoms. The first kappa shape index (κ1) is 13.4. The summed E-state index contributed by atoms with van der Waals surface area (Å²) in [6.07, 6.45) is 0. The molecule has 0 saturated carbocycles. The number of nitrogens with one attached hydrogen (secondary N) is 1. The molecule has 1 aliphatic heterocycles. The van der Waals surface area contributed by atoms with E-state index in [9.17, 15) is 5.11 Å². The molecule has 0 aliphatic carbocycles. The molecular weight excluding hydrogens is 224 g/mol. The highest BCUT2D eigenvalue weighted by molar-refractivity contribution is 5.60. The predicted molar refractivity (Wildman–Crippen MR) is 76.2 cm³/mol. The maximum atomic E-state index is 9.59. The van der Waals surface area contributed by atoms with Crippen molar-refractivity contribution in [3.63, 3.8) is 0 Å². The summed E-state index contributed by atoms with van der Waals surface area (Å²) in [4.78, 5) is 2.36. The van der Waals surface area contributed by atoms with Crippen LogP contribution in [0, 0.1) is 13.8 Å². The Labute approximate surface area is 110 Å². The van der Waals surface area contributed by atoms with Gasteiger partial charge in [-0.2, -0.15) is 0 Å². The number of rotatable bonds is 2. The quantitative estimate of drug-likeness (QED) is 0.838. The van der Waals surface area contributed by atoms with Crippen molar-refractivity contribution in [2.75, 3.05) is 24.6 Å². The van der Waals surface area contributed by atoms with Crippen LogP contribution in [0.2, 0.25) is 0 Å². The molecule has 1 atom stereocenters. The minimum Gasteiger partial charge on any atom is -0.394 e. The summed E-state index contributed by atoms with van der Waals surface area (Å²) in [5, 5.41) is 13.1. The predicted octanol–water partition coefficient (Wildman–Crippen LogP) is 1.85. The molecular formula is C15H24N2O. The van der Waals surface area contributed by atoms with Crippen molar-refractivity contribution in [1.82, 2.24) is 5.32 Å². The van der Waals surface area contributed by atoms with Crippen LogP contribution in [-0.2, 0) is 0 Å². The highest BCUT2D eigenvalue weighted by atomic mass is 16.3. The smallest absolute Gasteiger partial charge is 0.0647 e. The van der Waals surface area contributed by atoms with Crippen molar-refractivity contribution < 1.29 is 5.11 Å². The Bertz CT molecular complexity index is 408. The van der Waals surface area contributed by atoms with Gasteiger partial charge in [0.2, 0.25) is 0 Å². The third-order valence-corrected chi connectivity index (χ3v) is 3.76. The van der Waals surface area contributed by atoms with Crippen molar-refractivity contribution in [2.45, 2.75) is 39.3 Å². The topological polar surface area (TPSA) is 35.5 Å². The average Bonchev–Trinajstić information content (AvgIpc) is 2.28. The van der Waals surface area contributed by atoms with E-state index in [4.69, 9.17) is 0 Å². The van der Waals surface area contributed by atoms with Gasteiger partial charge in [0.15, 0.2) is 0 Å². The lowest BCUT2D eigenvalue weighted by molar-refractivity contribution is 0.214. The molecule has 0 amide bonds. The van der Waals surface area contributed by atoms with Crippen LogP contribution in [-0.4, -0.2) is 36.4 Å². The first-order valence-corrected chi connectivity index (χ1v) is 6.63. The average molecular weight is 248 g/mol. The van der Waals surface area contributed by atoms with Gasteiger partial charge < -0.3 is 15.3 Å². The van der Waals surface area contributed by atoms with Gasteiger partial charge in [-0.25, -0.2) is 0 Å². The third kappa shape index (κ3) is 2.52. The molecule has 1 aromatic rings. The first-order valence-electron chi connectivity index (χ1n) is 6.63. The Morgan fingerprint density at radius 1 is 1.33 bits per heavy atom. The number of hydrogen-bond acceptors (Lipinski definition) is 3. The fraction of sp³-hybridized carbons (Fsp3) is 0.600. The van der Waals surface area contributed by atoms with E-state index in [-0.39, 0.29) is 18.2 Å². The van der Waals surface area contributed by atoms with Crippen molar-refractivity contribution >= 4 is 5.69 Å². The molecule has 0 radical (unpaired) electrons. The monoisotopic (exact) mass is 248 g/mol. The zero-order valence-corrected chi connectivity index (χ0v) is 11.8. The van der Waals surface area contributed by atoms with Gasteiger partial charge >= 0.3 is 0 Å². The summed E-state index contributed by atoms with van der Waals surface area (Å²) >= 11 is 0. The van der Waals surface area contributed by atoms with E-state index in [1.165, 1.54) is 16.8 Å². The second kappa shape index (κ2) is 4.90. The summed E-state index contributed by atoms with van der Waals surface area (Å²) in [7, 11) is 0. The van der Waals surface area contributed by atoms with E-state index < -0.39 is 0 Å². The van der Waals surface area contributed by atoms with Gasteiger partial charge in [0.05, 0.1) is 12.6 Å². The zero-order valence-electron chi connectivity index (χ0n) is 11.8. The number of aryl methyl sites for hydroxylation is 2. The molecule has 0 bridgehead atoms. The molecule has 1 unspecified atom stereocenters. The number of nitrogens with zero attached hydrogens (tertiary/aromatic N) is 1. The molecule has 1 heterocycles. The Morgan fingerprint density at radius 2 is 1.94 bits per heavy atom. The normalized spacial score (nSPS) is 23.2. The fourth-order valence-electron chi connectivity index (χ4n) is 2.80. The van der Waals surface area contributed by atoms with Crippen LogP contribution in [0.5, 0.6) is 0 Å². The van der Waals surface area contributed by atoms with Gasteiger partial charge in [0, 0.05) is 24.3 Å². The van der Waals surface area contributed by atoms with Crippen LogP contribution in [0.4, 0.5) is 5.69 Å². The molecule has 100 valence electrons. The Balaban J connectivity index is 2.39. The number of hydrogen-bond donors (Lipinski definition) is 2. The van der Waals surface area contributed by atoms with E-state index in [0.29, 0.717) is 0 Å². The van der Waals surface area contributed by atoms with Crippen LogP contribution in [0.15, 0.2) is 18.2 Å². The van der Waals surface area contributed by atoms with Crippen molar-refractivity contribution in [3.8, 4) is 0 Å². The van der Waals surface area contributed by atoms with Crippen LogP contribution in [0.3, 0.4) is 0 Å². The molecule has 3 nitrogen and oxygen atoms in total. The van der Waals surface area contributed by atoms with E-state index in [1.807, 2.05) is 0 Å². The third-order valence-electron chi connectivity index (χ3n) is 3.76. The Kier molecular flexibility index (Phi) is 3.64. The van der Waals surface area contributed by atoms with E-state index >= 15 is 0 Å². The van der Waals surface area contributed by atoms with Gasteiger partial charge in [0.1, 0.15) is 0 Å². The summed E-state index contributed by atoms with van der Waals surface area (Å²) < 4.78 is 0. The molecule has 1 aliphatic rings. The van der Waals surface area contributed by atoms with E-state index in [0.717, 1.165) is 13.1 Å². The number of benzene rings is 1. The molecule has 3 heteroatoms. The maximum absolute atomic E-state index is 9.59. The number of para-hydroxylation sites is 1. The second-order valence-corrected chi connectivity index (χ2v) is 5.97. The second-order valence-electron chi connectivity index (χ2n) is 5.97. The highest BCUT2D eigenvalue weighted by Gasteiger charge is 2.33. The number of aliphatic hydroxyl groups excluding tert-OH is 1.